The third-order valence-corrected chi connectivity index (χ3v) is 5.22. The number of carbonyl (C=O) groups excluding carboxylic acids is 2. The van der Waals surface area contributed by atoms with Crippen molar-refractivity contribution in [2.75, 3.05) is 0 Å². The van der Waals surface area contributed by atoms with E-state index >= 15 is 0 Å². The number of aryl methyl sites for hydroxylation is 2. The molecule has 1 atom stereocenters. The summed E-state index contributed by atoms with van der Waals surface area (Å²) in [6, 6.07) is 26.1. The van der Waals surface area contributed by atoms with Crippen LogP contribution in [0.2, 0.25) is 0 Å². The van der Waals surface area contributed by atoms with Gasteiger partial charge in [0.25, 0.3) is 0 Å². The van der Waals surface area contributed by atoms with Crippen molar-refractivity contribution in [3.05, 3.63) is 95.6 Å². The Kier molecular flexibility index (Phi) is 6.54. The van der Waals surface area contributed by atoms with Crippen LogP contribution in [0.15, 0.2) is 78.9 Å². The van der Waals surface area contributed by atoms with Crippen molar-refractivity contribution in [3.8, 4) is 11.1 Å². The molecule has 3 rings (SSSR count). The zero-order chi connectivity index (χ0) is 19.9. The second-order valence-corrected chi connectivity index (χ2v) is 7.40. The van der Waals surface area contributed by atoms with Gasteiger partial charge in [0.05, 0.1) is 0 Å². The molecule has 0 heterocycles. The summed E-state index contributed by atoms with van der Waals surface area (Å²) in [5.74, 6) is -0.117. The fourth-order valence-electron chi connectivity index (χ4n) is 3.37. The van der Waals surface area contributed by atoms with E-state index in [4.69, 9.17) is 0 Å². The van der Waals surface area contributed by atoms with E-state index in [9.17, 15) is 9.59 Å². The molecule has 1 unspecified atom stereocenters. The SMILES string of the molecule is CC(=O)C(CCc1ccccc1)CC(=O)c1ccc(-c2ccc(C)cc2)cc1. The molecular formula is C26H26O2. The maximum Gasteiger partial charge on any atom is 0.163 e. The molecule has 0 radical (unpaired) electrons. The van der Waals surface area contributed by atoms with Gasteiger partial charge in [0.2, 0.25) is 0 Å². The minimum atomic E-state index is -0.232. The lowest BCUT2D eigenvalue weighted by molar-refractivity contribution is -0.120. The Bertz CT molecular complexity index is 922. The van der Waals surface area contributed by atoms with Crippen molar-refractivity contribution in [2.24, 2.45) is 5.92 Å². The molecule has 3 aromatic carbocycles. The van der Waals surface area contributed by atoms with Gasteiger partial charge in [-0.1, -0.05) is 84.4 Å². The highest BCUT2D eigenvalue weighted by Crippen LogP contribution is 2.22. The second-order valence-electron chi connectivity index (χ2n) is 7.40. The number of hydrogen-bond acceptors (Lipinski definition) is 2. The van der Waals surface area contributed by atoms with Gasteiger partial charge in [0.1, 0.15) is 5.78 Å². The van der Waals surface area contributed by atoms with Gasteiger partial charge in [-0.2, -0.15) is 0 Å². The lowest BCUT2D eigenvalue weighted by Gasteiger charge is -2.13. The largest absolute Gasteiger partial charge is 0.300 e. The maximum absolute atomic E-state index is 12.7. The molecule has 0 spiro atoms. The van der Waals surface area contributed by atoms with Crippen molar-refractivity contribution < 1.29 is 9.59 Å². The standard InChI is InChI=1S/C26H26O2/c1-19-8-11-22(12-9-19)23-14-16-24(17-15-23)26(28)18-25(20(2)27)13-10-21-6-4-3-5-7-21/h3-9,11-12,14-17,25H,10,13,18H2,1-2H3. The van der Waals surface area contributed by atoms with Gasteiger partial charge in [-0.25, -0.2) is 0 Å². The van der Waals surface area contributed by atoms with E-state index in [1.165, 1.54) is 11.1 Å². The topological polar surface area (TPSA) is 34.1 Å². The first-order chi connectivity index (χ1) is 13.5. The summed E-state index contributed by atoms with van der Waals surface area (Å²) < 4.78 is 0. The van der Waals surface area contributed by atoms with Crippen LogP contribution < -0.4 is 0 Å². The molecular weight excluding hydrogens is 344 g/mol. The van der Waals surface area contributed by atoms with E-state index in [0.717, 1.165) is 17.5 Å². The summed E-state index contributed by atoms with van der Waals surface area (Å²) in [5.41, 5.74) is 5.31. The lowest BCUT2D eigenvalue weighted by atomic mass is 9.89. The van der Waals surface area contributed by atoms with Crippen LogP contribution in [-0.2, 0) is 11.2 Å². The smallest absolute Gasteiger partial charge is 0.163 e. The zero-order valence-corrected chi connectivity index (χ0v) is 16.5. The Morgan fingerprint density at radius 1 is 0.786 bits per heavy atom. The number of hydrogen-bond donors (Lipinski definition) is 0. The Morgan fingerprint density at radius 2 is 1.36 bits per heavy atom. The fraction of sp³-hybridized carbons (Fsp3) is 0.231. The maximum atomic E-state index is 12.7. The van der Waals surface area contributed by atoms with Crippen LogP contribution in [0.3, 0.4) is 0 Å². The number of ketones is 2. The highest BCUT2D eigenvalue weighted by atomic mass is 16.1. The van der Waals surface area contributed by atoms with Gasteiger partial charge >= 0.3 is 0 Å². The molecule has 0 aliphatic carbocycles. The second kappa shape index (κ2) is 9.27. The van der Waals surface area contributed by atoms with Crippen LogP contribution in [0.1, 0.15) is 41.3 Å². The van der Waals surface area contributed by atoms with Crippen molar-refractivity contribution in [2.45, 2.75) is 33.1 Å². The summed E-state index contributed by atoms with van der Waals surface area (Å²) >= 11 is 0. The molecule has 0 saturated carbocycles. The number of Topliss-reactive ketones (excluding diaryl/α,β-unsaturated/α-hetero) is 2. The number of carbonyl (C=O) groups is 2. The minimum absolute atomic E-state index is 0.0312. The van der Waals surface area contributed by atoms with Gasteiger partial charge in [-0.3, -0.25) is 9.59 Å². The summed E-state index contributed by atoms with van der Waals surface area (Å²) in [6.45, 7) is 3.65. The third-order valence-electron chi connectivity index (χ3n) is 5.22. The van der Waals surface area contributed by atoms with E-state index in [1.54, 1.807) is 6.92 Å². The molecule has 142 valence electrons. The highest BCUT2D eigenvalue weighted by Gasteiger charge is 2.19. The Balaban J connectivity index is 1.64. The molecule has 2 nitrogen and oxygen atoms in total. The van der Waals surface area contributed by atoms with Crippen LogP contribution in [-0.4, -0.2) is 11.6 Å². The Morgan fingerprint density at radius 3 is 1.93 bits per heavy atom. The van der Waals surface area contributed by atoms with Crippen LogP contribution in [0.5, 0.6) is 0 Å². The minimum Gasteiger partial charge on any atom is -0.300 e. The summed E-state index contributed by atoms with van der Waals surface area (Å²) in [7, 11) is 0. The summed E-state index contributed by atoms with van der Waals surface area (Å²) in [6.07, 6.45) is 1.78. The first-order valence-corrected chi connectivity index (χ1v) is 9.77. The van der Waals surface area contributed by atoms with Crippen LogP contribution >= 0.6 is 0 Å². The molecule has 28 heavy (non-hydrogen) atoms. The summed E-state index contributed by atoms with van der Waals surface area (Å²) in [5, 5.41) is 0. The molecule has 0 fully saturated rings. The highest BCUT2D eigenvalue weighted by molar-refractivity contribution is 5.99. The van der Waals surface area contributed by atoms with Gasteiger partial charge in [0, 0.05) is 17.9 Å². The van der Waals surface area contributed by atoms with Gasteiger partial charge in [-0.15, -0.1) is 0 Å². The molecule has 0 N–H and O–H groups in total. The van der Waals surface area contributed by atoms with Crippen LogP contribution in [0, 0.1) is 12.8 Å². The molecule has 0 aliphatic rings. The quantitative estimate of drug-likeness (QED) is 0.451. The monoisotopic (exact) mass is 370 g/mol. The fourth-order valence-corrected chi connectivity index (χ4v) is 3.37. The van der Waals surface area contributed by atoms with Crippen LogP contribution in [0.25, 0.3) is 11.1 Å². The number of rotatable bonds is 8. The first-order valence-electron chi connectivity index (χ1n) is 9.77. The normalized spacial score (nSPS) is 11.8. The Labute approximate surface area is 167 Å². The zero-order valence-electron chi connectivity index (χ0n) is 16.5. The van der Waals surface area contributed by atoms with Gasteiger partial charge in [-0.05, 0) is 43.4 Å². The predicted octanol–water partition coefficient (Wildman–Crippen LogP) is 6.07. The Hall–Kier alpha value is -3.00. The molecule has 0 bridgehead atoms. The van der Waals surface area contributed by atoms with E-state index < -0.39 is 0 Å². The third kappa shape index (κ3) is 5.26. The van der Waals surface area contributed by atoms with Crippen molar-refractivity contribution >= 4 is 11.6 Å². The van der Waals surface area contributed by atoms with E-state index in [2.05, 4.69) is 43.3 Å². The average Bonchev–Trinajstić information content (AvgIpc) is 2.72. The van der Waals surface area contributed by atoms with Crippen molar-refractivity contribution in [1.82, 2.24) is 0 Å². The molecule has 2 heteroatoms. The van der Waals surface area contributed by atoms with E-state index in [0.29, 0.717) is 12.0 Å². The molecule has 0 aliphatic heterocycles. The molecule has 0 aromatic heterocycles. The lowest BCUT2D eigenvalue weighted by Crippen LogP contribution is -2.17. The number of benzene rings is 3. The van der Waals surface area contributed by atoms with E-state index in [-0.39, 0.29) is 23.9 Å². The van der Waals surface area contributed by atoms with Crippen molar-refractivity contribution in [3.63, 3.8) is 0 Å². The van der Waals surface area contributed by atoms with Gasteiger partial charge in [0.15, 0.2) is 5.78 Å². The molecule has 3 aromatic rings. The van der Waals surface area contributed by atoms with Crippen molar-refractivity contribution in [1.29, 1.82) is 0 Å². The average molecular weight is 370 g/mol. The van der Waals surface area contributed by atoms with E-state index in [1.807, 2.05) is 42.5 Å². The predicted molar refractivity (Wildman–Crippen MR) is 114 cm³/mol. The van der Waals surface area contributed by atoms with Crippen LogP contribution in [0.4, 0.5) is 0 Å². The first kappa shape index (κ1) is 19.8. The van der Waals surface area contributed by atoms with Gasteiger partial charge < -0.3 is 0 Å². The molecule has 0 saturated heterocycles. The summed E-state index contributed by atoms with van der Waals surface area (Å²) in [4.78, 5) is 24.8. The molecule has 0 amide bonds.